The molecule has 152 valence electrons. The lowest BCUT2D eigenvalue weighted by molar-refractivity contribution is 0.0469. The molecule has 1 N–H and O–H groups in total. The first-order valence-corrected chi connectivity index (χ1v) is 11.0. The fourth-order valence-electron chi connectivity index (χ4n) is 3.97. The number of amides is 1. The van der Waals surface area contributed by atoms with E-state index in [1.807, 2.05) is 34.5 Å². The van der Waals surface area contributed by atoms with Crippen LogP contribution in [0.4, 0.5) is 0 Å². The third-order valence-electron chi connectivity index (χ3n) is 5.49. The van der Waals surface area contributed by atoms with Crippen LogP contribution in [-0.4, -0.2) is 49.9 Å². The minimum absolute atomic E-state index is 0.0999. The highest BCUT2D eigenvalue weighted by Crippen LogP contribution is 2.27. The van der Waals surface area contributed by atoms with Crippen molar-refractivity contribution in [3.05, 3.63) is 77.1 Å². The SMILES string of the molecule is O=C(c1cc(Cc2ccc(-n3cccn3)cc2)c2sccc2n1)N1CCC[C@@H](O)C1. The molecule has 1 aromatic carbocycles. The van der Waals surface area contributed by atoms with Crippen LogP contribution in [0.3, 0.4) is 0 Å². The second-order valence-corrected chi connectivity index (χ2v) is 8.56. The predicted molar refractivity (Wildman–Crippen MR) is 117 cm³/mol. The molecule has 0 spiro atoms. The average Bonchev–Trinajstić information content (AvgIpc) is 3.46. The molecule has 7 heteroatoms. The van der Waals surface area contributed by atoms with Crippen molar-refractivity contribution in [1.82, 2.24) is 19.7 Å². The van der Waals surface area contributed by atoms with E-state index in [2.05, 4.69) is 34.3 Å². The fraction of sp³-hybridized carbons (Fsp3) is 0.261. The summed E-state index contributed by atoms with van der Waals surface area (Å²) in [5, 5.41) is 16.2. The monoisotopic (exact) mass is 418 g/mol. The highest BCUT2D eigenvalue weighted by Gasteiger charge is 2.25. The van der Waals surface area contributed by atoms with E-state index in [1.165, 1.54) is 5.56 Å². The summed E-state index contributed by atoms with van der Waals surface area (Å²) in [6, 6.07) is 14.1. The van der Waals surface area contributed by atoms with E-state index in [0.717, 1.165) is 40.7 Å². The van der Waals surface area contributed by atoms with Gasteiger partial charge in [0.25, 0.3) is 5.91 Å². The molecule has 4 aromatic rings. The van der Waals surface area contributed by atoms with Crippen molar-refractivity contribution in [3.63, 3.8) is 0 Å². The van der Waals surface area contributed by atoms with E-state index in [0.29, 0.717) is 18.8 Å². The quantitative estimate of drug-likeness (QED) is 0.549. The summed E-state index contributed by atoms with van der Waals surface area (Å²) in [5.74, 6) is -0.0999. The standard InChI is InChI=1S/C23H22N4O2S/c28-19-3-1-10-26(15-19)23(29)21-14-17(22-20(25-21)8-12-30-22)13-16-4-6-18(7-5-16)27-11-2-9-24-27/h2,4-9,11-12,14,19,28H,1,3,10,13,15H2/t19-/m1/s1. The van der Waals surface area contributed by atoms with Gasteiger partial charge in [0.05, 0.1) is 22.0 Å². The van der Waals surface area contributed by atoms with E-state index < -0.39 is 6.10 Å². The van der Waals surface area contributed by atoms with Crippen LogP contribution < -0.4 is 0 Å². The van der Waals surface area contributed by atoms with Gasteiger partial charge >= 0.3 is 0 Å². The minimum atomic E-state index is -0.444. The first kappa shape index (κ1) is 19.0. The number of thiophene rings is 1. The van der Waals surface area contributed by atoms with Gasteiger partial charge in [-0.15, -0.1) is 11.3 Å². The van der Waals surface area contributed by atoms with Crippen molar-refractivity contribution < 1.29 is 9.90 Å². The van der Waals surface area contributed by atoms with Gasteiger partial charge in [-0.1, -0.05) is 12.1 Å². The molecule has 1 saturated heterocycles. The zero-order chi connectivity index (χ0) is 20.5. The van der Waals surface area contributed by atoms with Gasteiger partial charge in [-0.25, -0.2) is 9.67 Å². The van der Waals surface area contributed by atoms with Crippen molar-refractivity contribution in [1.29, 1.82) is 0 Å². The molecule has 1 aliphatic heterocycles. The van der Waals surface area contributed by atoms with Crippen LogP contribution in [0.2, 0.25) is 0 Å². The fourth-order valence-corrected chi connectivity index (χ4v) is 4.82. The third-order valence-corrected chi connectivity index (χ3v) is 6.47. The Morgan fingerprint density at radius 1 is 1.23 bits per heavy atom. The van der Waals surface area contributed by atoms with Gasteiger partial charge in [0.15, 0.2) is 0 Å². The highest BCUT2D eigenvalue weighted by molar-refractivity contribution is 7.17. The lowest BCUT2D eigenvalue weighted by Gasteiger charge is -2.29. The Morgan fingerprint density at radius 3 is 2.87 bits per heavy atom. The van der Waals surface area contributed by atoms with Crippen molar-refractivity contribution >= 4 is 27.5 Å². The average molecular weight is 419 g/mol. The zero-order valence-electron chi connectivity index (χ0n) is 16.4. The summed E-state index contributed by atoms with van der Waals surface area (Å²) in [6.45, 7) is 1.05. The number of aromatic nitrogens is 3. The lowest BCUT2D eigenvalue weighted by atomic mass is 10.0. The Hall–Kier alpha value is -3.03. The second-order valence-electron chi connectivity index (χ2n) is 7.64. The summed E-state index contributed by atoms with van der Waals surface area (Å²) in [4.78, 5) is 19.4. The number of carbonyl (C=O) groups excluding carboxylic acids is 1. The van der Waals surface area contributed by atoms with E-state index in [4.69, 9.17) is 0 Å². The Morgan fingerprint density at radius 2 is 2.10 bits per heavy atom. The van der Waals surface area contributed by atoms with Crippen molar-refractivity contribution in [2.45, 2.75) is 25.4 Å². The van der Waals surface area contributed by atoms with Crippen LogP contribution in [0.1, 0.15) is 34.5 Å². The Bertz CT molecular complexity index is 1170. The maximum absolute atomic E-state index is 13.0. The van der Waals surface area contributed by atoms with E-state index in [1.54, 1.807) is 22.4 Å². The molecule has 0 saturated carbocycles. The molecule has 4 heterocycles. The number of piperidine rings is 1. The minimum Gasteiger partial charge on any atom is -0.391 e. The number of aliphatic hydroxyl groups is 1. The molecule has 0 unspecified atom stereocenters. The molecule has 1 amide bonds. The normalized spacial score (nSPS) is 16.8. The van der Waals surface area contributed by atoms with E-state index in [-0.39, 0.29) is 5.91 Å². The number of β-amino-alcohol motifs (C(OH)–C–C–N with tert-alkyl or cyclic N) is 1. The summed E-state index contributed by atoms with van der Waals surface area (Å²) < 4.78 is 2.94. The van der Waals surface area contributed by atoms with E-state index in [9.17, 15) is 9.90 Å². The first-order chi connectivity index (χ1) is 14.7. The highest BCUT2D eigenvalue weighted by atomic mass is 32.1. The van der Waals surface area contributed by atoms with E-state index >= 15 is 0 Å². The number of aliphatic hydroxyl groups excluding tert-OH is 1. The number of benzene rings is 1. The molecule has 0 aliphatic carbocycles. The molecule has 3 aromatic heterocycles. The summed E-state index contributed by atoms with van der Waals surface area (Å²) in [6.07, 6.45) is 5.53. The zero-order valence-corrected chi connectivity index (χ0v) is 17.3. The molecule has 1 fully saturated rings. The van der Waals surface area contributed by atoms with Gasteiger partial charge < -0.3 is 10.0 Å². The second kappa shape index (κ2) is 8.01. The lowest BCUT2D eigenvalue weighted by Crippen LogP contribution is -2.42. The molecule has 5 rings (SSSR count). The van der Waals surface area contributed by atoms with Crippen LogP contribution in [0.5, 0.6) is 0 Å². The summed E-state index contributed by atoms with van der Waals surface area (Å²) in [5.41, 5.74) is 4.59. The molecule has 1 atom stereocenters. The Kier molecular flexibility index (Phi) is 5.06. The van der Waals surface area contributed by atoms with Crippen molar-refractivity contribution in [2.75, 3.05) is 13.1 Å². The predicted octanol–water partition coefficient (Wildman–Crippen LogP) is 3.67. The van der Waals surface area contributed by atoms with Crippen LogP contribution in [0.15, 0.2) is 60.2 Å². The first-order valence-electron chi connectivity index (χ1n) is 10.1. The molecule has 6 nitrogen and oxygen atoms in total. The third kappa shape index (κ3) is 3.74. The van der Waals surface area contributed by atoms with Gasteiger partial charge in [-0.05, 0) is 66.1 Å². The number of hydrogen-bond donors (Lipinski definition) is 1. The summed E-state index contributed by atoms with van der Waals surface area (Å²) >= 11 is 1.65. The number of rotatable bonds is 4. The van der Waals surface area contributed by atoms with Gasteiger partial charge in [0, 0.05) is 25.5 Å². The van der Waals surface area contributed by atoms with Crippen molar-refractivity contribution in [2.24, 2.45) is 0 Å². The van der Waals surface area contributed by atoms with Gasteiger partial charge in [0.2, 0.25) is 0 Å². The Labute approximate surface area is 178 Å². The number of fused-ring (bicyclic) bond motifs is 1. The maximum Gasteiger partial charge on any atom is 0.272 e. The van der Waals surface area contributed by atoms with Crippen LogP contribution >= 0.6 is 11.3 Å². The summed E-state index contributed by atoms with van der Waals surface area (Å²) in [7, 11) is 0. The largest absolute Gasteiger partial charge is 0.391 e. The van der Waals surface area contributed by atoms with Gasteiger partial charge in [0.1, 0.15) is 5.69 Å². The van der Waals surface area contributed by atoms with Gasteiger partial charge in [-0.2, -0.15) is 5.10 Å². The van der Waals surface area contributed by atoms with Crippen LogP contribution in [-0.2, 0) is 6.42 Å². The van der Waals surface area contributed by atoms with Crippen LogP contribution in [0.25, 0.3) is 15.9 Å². The molecule has 0 bridgehead atoms. The maximum atomic E-state index is 13.0. The van der Waals surface area contributed by atoms with Crippen LogP contribution in [0, 0.1) is 0 Å². The molecular weight excluding hydrogens is 396 g/mol. The number of hydrogen-bond acceptors (Lipinski definition) is 5. The van der Waals surface area contributed by atoms with Gasteiger partial charge in [-0.3, -0.25) is 4.79 Å². The molecular formula is C23H22N4O2S. The topological polar surface area (TPSA) is 71.2 Å². The molecule has 30 heavy (non-hydrogen) atoms. The van der Waals surface area contributed by atoms with Crippen molar-refractivity contribution in [3.8, 4) is 5.69 Å². The molecule has 1 aliphatic rings. The smallest absolute Gasteiger partial charge is 0.272 e. The Balaban J connectivity index is 1.44. The number of nitrogens with zero attached hydrogens (tertiary/aromatic N) is 4. The number of carbonyl (C=O) groups is 1. The number of pyridine rings is 1. The number of likely N-dealkylation sites (tertiary alicyclic amines) is 1. The molecule has 0 radical (unpaired) electrons.